The van der Waals surface area contributed by atoms with Gasteiger partial charge in [-0.3, -0.25) is 0 Å². The Balaban J connectivity index is 1.50. The lowest BCUT2D eigenvalue weighted by Crippen LogP contribution is -2.05. The molecule has 0 fully saturated rings. The van der Waals surface area contributed by atoms with Gasteiger partial charge in [0.1, 0.15) is 5.58 Å². The van der Waals surface area contributed by atoms with E-state index in [0.29, 0.717) is 11.5 Å². The molecule has 4 rings (SSSR count). The number of ether oxygens (including phenoxy) is 1. The second kappa shape index (κ2) is 6.45. The van der Waals surface area contributed by atoms with Gasteiger partial charge in [-0.25, -0.2) is 4.79 Å². The summed E-state index contributed by atoms with van der Waals surface area (Å²) in [6.45, 7) is 1.70. The van der Waals surface area contributed by atoms with Crippen molar-refractivity contribution in [1.82, 2.24) is 10.2 Å². The molecule has 3 aromatic heterocycles. The van der Waals surface area contributed by atoms with Gasteiger partial charge in [0.2, 0.25) is 5.76 Å². The molecule has 0 aliphatic heterocycles. The van der Waals surface area contributed by atoms with E-state index < -0.39 is 5.97 Å². The van der Waals surface area contributed by atoms with Crippen molar-refractivity contribution in [3.05, 3.63) is 57.4 Å². The minimum atomic E-state index is -0.569. The van der Waals surface area contributed by atoms with Crippen LogP contribution in [0.4, 0.5) is 0 Å². The van der Waals surface area contributed by atoms with Gasteiger partial charge in [0.15, 0.2) is 6.61 Å². The van der Waals surface area contributed by atoms with Gasteiger partial charge < -0.3 is 13.6 Å². The first-order chi connectivity index (χ1) is 12.1. The Morgan fingerprint density at radius 2 is 2.16 bits per heavy atom. The molecule has 0 unspecified atom stereocenters. The number of carbonyl (C=O) groups is 1. The maximum atomic E-state index is 12.3. The Bertz CT molecular complexity index is 1050. The highest BCUT2D eigenvalue weighted by atomic mass is 79.9. The average molecular weight is 419 g/mol. The quantitative estimate of drug-likeness (QED) is 0.435. The molecule has 0 aliphatic carbocycles. The van der Waals surface area contributed by atoms with E-state index in [-0.39, 0.29) is 18.3 Å². The van der Waals surface area contributed by atoms with E-state index in [2.05, 4.69) is 26.1 Å². The second-order valence-corrected chi connectivity index (χ2v) is 7.11. The van der Waals surface area contributed by atoms with Crippen LogP contribution in [0.1, 0.15) is 22.0 Å². The van der Waals surface area contributed by atoms with E-state index >= 15 is 0 Å². The van der Waals surface area contributed by atoms with E-state index in [0.717, 1.165) is 20.3 Å². The molecule has 8 heteroatoms. The van der Waals surface area contributed by atoms with Gasteiger partial charge in [-0.1, -0.05) is 22.0 Å². The topological polar surface area (TPSA) is 78.4 Å². The van der Waals surface area contributed by atoms with Gasteiger partial charge in [-0.05, 0) is 36.6 Å². The first-order valence-electron chi connectivity index (χ1n) is 7.34. The third-order valence-electron chi connectivity index (χ3n) is 3.61. The minimum Gasteiger partial charge on any atom is -0.450 e. The maximum Gasteiger partial charge on any atom is 0.375 e. The normalized spacial score (nSPS) is 11.1. The molecule has 0 radical (unpaired) electrons. The van der Waals surface area contributed by atoms with Gasteiger partial charge in [0, 0.05) is 15.4 Å². The van der Waals surface area contributed by atoms with Gasteiger partial charge in [-0.2, -0.15) is 0 Å². The molecule has 0 spiro atoms. The van der Waals surface area contributed by atoms with Crippen molar-refractivity contribution in [2.45, 2.75) is 13.5 Å². The Morgan fingerprint density at radius 3 is 2.96 bits per heavy atom. The largest absolute Gasteiger partial charge is 0.450 e. The lowest BCUT2D eigenvalue weighted by atomic mass is 10.1. The summed E-state index contributed by atoms with van der Waals surface area (Å²) in [5.41, 5.74) is 1.36. The first-order valence-corrected chi connectivity index (χ1v) is 9.01. The van der Waals surface area contributed by atoms with Crippen LogP contribution in [-0.4, -0.2) is 16.2 Å². The molecule has 0 aliphatic rings. The molecule has 0 atom stereocenters. The number of benzene rings is 1. The van der Waals surface area contributed by atoms with Crippen molar-refractivity contribution in [2.24, 2.45) is 0 Å². The summed E-state index contributed by atoms with van der Waals surface area (Å²) >= 11 is 4.90. The molecule has 1 aromatic carbocycles. The van der Waals surface area contributed by atoms with Crippen LogP contribution >= 0.6 is 27.3 Å². The summed E-state index contributed by atoms with van der Waals surface area (Å²) in [7, 11) is 0. The minimum absolute atomic E-state index is 0.114. The summed E-state index contributed by atoms with van der Waals surface area (Å²) < 4.78 is 17.3. The highest BCUT2D eigenvalue weighted by Gasteiger charge is 2.20. The summed E-state index contributed by atoms with van der Waals surface area (Å²) in [5.74, 6) is 0.242. The van der Waals surface area contributed by atoms with Crippen molar-refractivity contribution < 1.29 is 18.4 Å². The van der Waals surface area contributed by atoms with Crippen LogP contribution in [-0.2, 0) is 11.3 Å². The zero-order valence-corrected chi connectivity index (χ0v) is 15.4. The van der Waals surface area contributed by atoms with Crippen LogP contribution in [0.25, 0.3) is 21.7 Å². The second-order valence-electron chi connectivity index (χ2n) is 5.25. The molecule has 6 nitrogen and oxygen atoms in total. The van der Waals surface area contributed by atoms with E-state index in [9.17, 15) is 4.79 Å². The van der Waals surface area contributed by atoms with Gasteiger partial charge >= 0.3 is 5.97 Å². The van der Waals surface area contributed by atoms with E-state index in [1.165, 1.54) is 11.3 Å². The Labute approximate surface area is 154 Å². The number of furan rings is 1. The van der Waals surface area contributed by atoms with Crippen LogP contribution in [0.3, 0.4) is 0 Å². The predicted octanol–water partition coefficient (Wildman–Crippen LogP) is 4.97. The van der Waals surface area contributed by atoms with Gasteiger partial charge in [0.05, 0.1) is 4.88 Å². The third kappa shape index (κ3) is 3.10. The van der Waals surface area contributed by atoms with Crippen molar-refractivity contribution >= 4 is 44.2 Å². The van der Waals surface area contributed by atoms with Crippen molar-refractivity contribution in [1.29, 1.82) is 0 Å². The molecule has 3 heterocycles. The molecule has 0 bridgehead atoms. The maximum absolute atomic E-state index is 12.3. The lowest BCUT2D eigenvalue weighted by Gasteiger charge is -1.99. The predicted molar refractivity (Wildman–Crippen MR) is 95.4 cm³/mol. The molecule has 0 saturated heterocycles. The first kappa shape index (κ1) is 16.0. The number of aromatic nitrogens is 2. The molecule has 4 aromatic rings. The summed E-state index contributed by atoms with van der Waals surface area (Å²) in [6, 6.07) is 9.33. The fourth-order valence-electron chi connectivity index (χ4n) is 2.39. The van der Waals surface area contributed by atoms with E-state index in [1.54, 1.807) is 6.07 Å². The molecule has 0 saturated carbocycles. The average Bonchev–Trinajstić information content (AvgIpc) is 3.33. The molecule has 126 valence electrons. The number of fused-ring (bicyclic) bond motifs is 1. The van der Waals surface area contributed by atoms with Gasteiger partial charge in [0.25, 0.3) is 11.8 Å². The number of thiophene rings is 1. The van der Waals surface area contributed by atoms with Crippen LogP contribution in [0.2, 0.25) is 0 Å². The Morgan fingerprint density at radius 1 is 1.28 bits per heavy atom. The Hall–Kier alpha value is -2.45. The molecule has 0 N–H and O–H groups in total. The number of halogens is 1. The van der Waals surface area contributed by atoms with E-state index in [1.807, 2.05) is 36.6 Å². The smallest absolute Gasteiger partial charge is 0.375 e. The van der Waals surface area contributed by atoms with Crippen molar-refractivity contribution in [3.8, 4) is 10.8 Å². The third-order valence-corrected chi connectivity index (χ3v) is 4.96. The molecule has 25 heavy (non-hydrogen) atoms. The Kier molecular flexibility index (Phi) is 4.14. The SMILES string of the molecule is Cc1c(C(=O)OCc2nnc(-c3cccs3)o2)oc2ccc(Br)cc12. The highest BCUT2D eigenvalue weighted by molar-refractivity contribution is 9.10. The number of aryl methyl sites for hydroxylation is 1. The van der Waals surface area contributed by atoms with Crippen LogP contribution < -0.4 is 0 Å². The number of hydrogen-bond acceptors (Lipinski definition) is 7. The fraction of sp³-hybridized carbons (Fsp3) is 0.118. The standard InChI is InChI=1S/C17H11BrN2O4S/c1-9-11-7-10(18)4-5-12(11)23-15(9)17(21)22-8-14-19-20-16(24-14)13-3-2-6-25-13/h2-7H,8H2,1H3. The molecular formula is C17H11BrN2O4S. The van der Waals surface area contributed by atoms with Crippen molar-refractivity contribution in [2.75, 3.05) is 0 Å². The van der Waals surface area contributed by atoms with Crippen LogP contribution in [0, 0.1) is 6.92 Å². The molecule has 0 amide bonds. The number of esters is 1. The zero-order chi connectivity index (χ0) is 17.4. The monoisotopic (exact) mass is 418 g/mol. The summed E-state index contributed by atoms with van der Waals surface area (Å²) in [5, 5.41) is 10.6. The van der Waals surface area contributed by atoms with E-state index in [4.69, 9.17) is 13.6 Å². The summed E-state index contributed by atoms with van der Waals surface area (Å²) in [6.07, 6.45) is 0. The fourth-order valence-corrected chi connectivity index (χ4v) is 3.40. The lowest BCUT2D eigenvalue weighted by molar-refractivity contribution is 0.0404. The number of hydrogen-bond donors (Lipinski definition) is 0. The number of nitrogens with zero attached hydrogens (tertiary/aromatic N) is 2. The summed E-state index contributed by atoms with van der Waals surface area (Å²) in [4.78, 5) is 13.2. The number of carbonyl (C=O) groups excluding carboxylic acids is 1. The van der Waals surface area contributed by atoms with Crippen molar-refractivity contribution in [3.63, 3.8) is 0 Å². The zero-order valence-electron chi connectivity index (χ0n) is 13.0. The molecular weight excluding hydrogens is 408 g/mol. The van der Waals surface area contributed by atoms with Gasteiger partial charge in [-0.15, -0.1) is 21.5 Å². The van der Waals surface area contributed by atoms with Crippen LogP contribution in [0.15, 0.2) is 49.0 Å². The highest BCUT2D eigenvalue weighted by Crippen LogP contribution is 2.29. The van der Waals surface area contributed by atoms with Crippen LogP contribution in [0.5, 0.6) is 0 Å². The number of rotatable bonds is 4.